The number of rotatable bonds is 3. The van der Waals surface area contributed by atoms with Crippen LogP contribution in [0.1, 0.15) is 18.4 Å². The molecule has 0 N–H and O–H groups in total. The van der Waals surface area contributed by atoms with Crippen LogP contribution in [-0.2, 0) is 11.3 Å². The fourth-order valence-corrected chi connectivity index (χ4v) is 3.59. The predicted octanol–water partition coefficient (Wildman–Crippen LogP) is 2.31. The standard InChI is InChI=1S/C18H25F2N3O2/c1-21(18(24)23-5-7-25-8-6-23)17-3-2-4-22(13-17)12-14-9-15(19)11-16(20)10-14/h9-11,17H,2-8,12-13H2,1H3. The Morgan fingerprint density at radius 2 is 1.88 bits per heavy atom. The summed E-state index contributed by atoms with van der Waals surface area (Å²) in [4.78, 5) is 18.4. The van der Waals surface area contributed by atoms with E-state index in [0.717, 1.165) is 25.5 Å². The van der Waals surface area contributed by atoms with Gasteiger partial charge in [0.25, 0.3) is 0 Å². The Balaban J connectivity index is 1.59. The Morgan fingerprint density at radius 3 is 2.56 bits per heavy atom. The highest BCUT2D eigenvalue weighted by Crippen LogP contribution is 2.19. The summed E-state index contributed by atoms with van der Waals surface area (Å²) in [6.07, 6.45) is 1.91. The first-order valence-electron chi connectivity index (χ1n) is 8.80. The molecule has 1 atom stereocenters. The summed E-state index contributed by atoms with van der Waals surface area (Å²) >= 11 is 0. The molecule has 2 saturated heterocycles. The lowest BCUT2D eigenvalue weighted by Crippen LogP contribution is -2.54. The number of nitrogens with zero attached hydrogens (tertiary/aromatic N) is 3. The summed E-state index contributed by atoms with van der Waals surface area (Å²) in [6.45, 7) is 4.50. The zero-order valence-corrected chi connectivity index (χ0v) is 14.6. The number of hydrogen-bond donors (Lipinski definition) is 0. The predicted molar refractivity (Wildman–Crippen MR) is 90.2 cm³/mol. The van der Waals surface area contributed by atoms with Crippen molar-refractivity contribution in [2.24, 2.45) is 0 Å². The number of likely N-dealkylation sites (tertiary alicyclic amines) is 1. The molecule has 2 aliphatic heterocycles. The molecule has 7 heteroatoms. The van der Waals surface area contributed by atoms with Gasteiger partial charge in [-0.3, -0.25) is 4.90 Å². The molecule has 2 heterocycles. The quantitative estimate of drug-likeness (QED) is 0.837. The van der Waals surface area contributed by atoms with Crippen molar-refractivity contribution in [2.75, 3.05) is 46.4 Å². The summed E-state index contributed by atoms with van der Waals surface area (Å²) in [5.74, 6) is -1.11. The van der Waals surface area contributed by atoms with Gasteiger partial charge in [0.2, 0.25) is 0 Å². The highest BCUT2D eigenvalue weighted by atomic mass is 19.1. The average Bonchev–Trinajstić information content (AvgIpc) is 2.60. The van der Waals surface area contributed by atoms with Crippen molar-refractivity contribution in [3.05, 3.63) is 35.4 Å². The van der Waals surface area contributed by atoms with Gasteiger partial charge in [-0.05, 0) is 37.1 Å². The Kier molecular flexibility index (Phi) is 5.86. The van der Waals surface area contributed by atoms with Crippen LogP contribution < -0.4 is 0 Å². The second kappa shape index (κ2) is 8.10. The number of carbonyl (C=O) groups excluding carboxylic acids is 1. The fourth-order valence-electron chi connectivity index (χ4n) is 3.59. The number of hydrogen-bond acceptors (Lipinski definition) is 3. The van der Waals surface area contributed by atoms with E-state index in [9.17, 15) is 13.6 Å². The fraction of sp³-hybridized carbons (Fsp3) is 0.611. The molecule has 25 heavy (non-hydrogen) atoms. The largest absolute Gasteiger partial charge is 0.378 e. The molecular formula is C18H25F2N3O2. The zero-order valence-electron chi connectivity index (χ0n) is 14.6. The van der Waals surface area contributed by atoms with Gasteiger partial charge in [0.05, 0.1) is 13.2 Å². The molecule has 138 valence electrons. The van der Waals surface area contributed by atoms with Gasteiger partial charge in [0.1, 0.15) is 11.6 Å². The van der Waals surface area contributed by atoms with Gasteiger partial charge < -0.3 is 14.5 Å². The normalized spacial score (nSPS) is 22.0. The molecule has 0 radical (unpaired) electrons. The van der Waals surface area contributed by atoms with Gasteiger partial charge in [-0.15, -0.1) is 0 Å². The van der Waals surface area contributed by atoms with E-state index in [4.69, 9.17) is 4.74 Å². The number of halogens is 2. The molecule has 3 rings (SSSR count). The Labute approximate surface area is 147 Å². The average molecular weight is 353 g/mol. The van der Waals surface area contributed by atoms with E-state index in [0.29, 0.717) is 45.0 Å². The molecule has 1 aromatic rings. The number of amides is 2. The van der Waals surface area contributed by atoms with Crippen LogP contribution in [0.15, 0.2) is 18.2 Å². The number of urea groups is 1. The Morgan fingerprint density at radius 1 is 1.20 bits per heavy atom. The van der Waals surface area contributed by atoms with Crippen LogP contribution in [0.5, 0.6) is 0 Å². The van der Waals surface area contributed by atoms with Crippen LogP contribution in [0.25, 0.3) is 0 Å². The van der Waals surface area contributed by atoms with Gasteiger partial charge in [0.15, 0.2) is 0 Å². The lowest BCUT2D eigenvalue weighted by atomic mass is 10.0. The molecule has 1 unspecified atom stereocenters. The molecule has 0 saturated carbocycles. The summed E-state index contributed by atoms with van der Waals surface area (Å²) < 4.78 is 32.0. The maximum Gasteiger partial charge on any atom is 0.320 e. The van der Waals surface area contributed by atoms with Crippen molar-refractivity contribution in [1.82, 2.24) is 14.7 Å². The van der Waals surface area contributed by atoms with Crippen molar-refractivity contribution in [3.63, 3.8) is 0 Å². The van der Waals surface area contributed by atoms with Crippen molar-refractivity contribution in [1.29, 1.82) is 0 Å². The minimum atomic E-state index is -0.553. The lowest BCUT2D eigenvalue weighted by Gasteiger charge is -2.40. The lowest BCUT2D eigenvalue weighted by molar-refractivity contribution is 0.0365. The number of benzene rings is 1. The minimum absolute atomic E-state index is 0.0342. The van der Waals surface area contributed by atoms with Crippen LogP contribution >= 0.6 is 0 Å². The van der Waals surface area contributed by atoms with Crippen LogP contribution in [0.2, 0.25) is 0 Å². The molecule has 0 spiro atoms. The van der Waals surface area contributed by atoms with E-state index in [2.05, 4.69) is 4.90 Å². The molecule has 0 bridgehead atoms. The Hall–Kier alpha value is -1.73. The molecule has 0 aromatic heterocycles. The molecule has 2 fully saturated rings. The van der Waals surface area contributed by atoms with Crippen molar-refractivity contribution in [2.45, 2.75) is 25.4 Å². The summed E-state index contributed by atoms with van der Waals surface area (Å²) in [5.41, 5.74) is 0.625. The first kappa shape index (κ1) is 18.1. The summed E-state index contributed by atoms with van der Waals surface area (Å²) in [5, 5.41) is 0. The zero-order chi connectivity index (χ0) is 17.8. The number of morpholine rings is 1. The van der Waals surface area contributed by atoms with Crippen LogP contribution in [0.3, 0.4) is 0 Å². The molecule has 0 aliphatic carbocycles. The topological polar surface area (TPSA) is 36.0 Å². The van der Waals surface area contributed by atoms with Crippen molar-refractivity contribution >= 4 is 6.03 Å². The SMILES string of the molecule is CN(C(=O)N1CCOCC1)C1CCCN(Cc2cc(F)cc(F)c2)C1. The summed E-state index contributed by atoms with van der Waals surface area (Å²) in [7, 11) is 1.84. The second-order valence-corrected chi connectivity index (χ2v) is 6.80. The van der Waals surface area contributed by atoms with Crippen LogP contribution in [0.4, 0.5) is 13.6 Å². The number of piperidine rings is 1. The van der Waals surface area contributed by atoms with Gasteiger partial charge >= 0.3 is 6.03 Å². The van der Waals surface area contributed by atoms with Crippen LogP contribution in [0, 0.1) is 11.6 Å². The number of carbonyl (C=O) groups is 1. The van der Waals surface area contributed by atoms with E-state index in [1.807, 2.05) is 16.8 Å². The third-order valence-electron chi connectivity index (χ3n) is 4.94. The van der Waals surface area contributed by atoms with E-state index in [1.165, 1.54) is 12.1 Å². The maximum absolute atomic E-state index is 13.4. The Bertz CT molecular complexity index is 588. The third kappa shape index (κ3) is 4.67. The smallest absolute Gasteiger partial charge is 0.320 e. The maximum atomic E-state index is 13.4. The monoisotopic (exact) mass is 353 g/mol. The highest BCUT2D eigenvalue weighted by molar-refractivity contribution is 5.74. The molecule has 5 nitrogen and oxygen atoms in total. The second-order valence-electron chi connectivity index (χ2n) is 6.80. The first-order valence-corrected chi connectivity index (χ1v) is 8.80. The van der Waals surface area contributed by atoms with Crippen molar-refractivity contribution < 1.29 is 18.3 Å². The van der Waals surface area contributed by atoms with Gasteiger partial charge in [-0.1, -0.05) is 0 Å². The first-order chi connectivity index (χ1) is 12.0. The highest BCUT2D eigenvalue weighted by Gasteiger charge is 2.29. The minimum Gasteiger partial charge on any atom is -0.378 e. The van der Waals surface area contributed by atoms with E-state index < -0.39 is 11.6 Å². The van der Waals surface area contributed by atoms with Gasteiger partial charge in [-0.25, -0.2) is 13.6 Å². The third-order valence-corrected chi connectivity index (χ3v) is 4.94. The summed E-state index contributed by atoms with van der Waals surface area (Å²) in [6, 6.07) is 3.77. The van der Waals surface area contributed by atoms with Gasteiger partial charge in [-0.2, -0.15) is 0 Å². The van der Waals surface area contributed by atoms with Gasteiger partial charge in [0, 0.05) is 45.3 Å². The van der Waals surface area contributed by atoms with E-state index in [-0.39, 0.29) is 12.1 Å². The molecule has 1 aromatic carbocycles. The molecular weight excluding hydrogens is 328 g/mol. The number of likely N-dealkylation sites (N-methyl/N-ethyl adjacent to an activating group) is 1. The molecule has 2 aliphatic rings. The molecule has 2 amide bonds. The van der Waals surface area contributed by atoms with Crippen molar-refractivity contribution in [3.8, 4) is 0 Å². The van der Waals surface area contributed by atoms with E-state index in [1.54, 1.807) is 0 Å². The van der Waals surface area contributed by atoms with Crippen LogP contribution in [-0.4, -0.2) is 73.2 Å². The number of ether oxygens (including phenoxy) is 1. The van der Waals surface area contributed by atoms with E-state index >= 15 is 0 Å².